The van der Waals surface area contributed by atoms with Gasteiger partial charge in [0, 0.05) is 13.1 Å². The molecule has 0 N–H and O–H groups in total. The van der Waals surface area contributed by atoms with Crippen LogP contribution in [-0.4, -0.2) is 31.7 Å². The van der Waals surface area contributed by atoms with Crippen LogP contribution in [0.2, 0.25) is 0 Å². The van der Waals surface area contributed by atoms with E-state index in [1.807, 2.05) is 18.2 Å². The van der Waals surface area contributed by atoms with Crippen LogP contribution in [0.4, 0.5) is 13.2 Å². The Kier molecular flexibility index (Phi) is 5.62. The van der Waals surface area contributed by atoms with Gasteiger partial charge in [-0.05, 0) is 59.0 Å². The number of benzene rings is 2. The fraction of sp³-hybridized carbons (Fsp3) is 0.381. The maximum atomic E-state index is 12.8. The lowest BCUT2D eigenvalue weighted by molar-refractivity contribution is -0.137. The quantitative estimate of drug-likeness (QED) is 0.586. The molecule has 3 aromatic rings. The number of aromatic nitrogens is 4. The molecule has 0 atom stereocenters. The zero-order chi connectivity index (χ0) is 20.3. The summed E-state index contributed by atoms with van der Waals surface area (Å²) in [6.45, 7) is 2.26. The molecule has 0 saturated heterocycles. The van der Waals surface area contributed by atoms with Crippen LogP contribution in [-0.2, 0) is 19.3 Å². The fourth-order valence-corrected chi connectivity index (χ4v) is 3.56. The Morgan fingerprint density at radius 2 is 1.69 bits per heavy atom. The summed E-state index contributed by atoms with van der Waals surface area (Å²) in [5, 5.41) is 11.9. The third-order valence-corrected chi connectivity index (χ3v) is 5.33. The predicted molar refractivity (Wildman–Crippen MR) is 102 cm³/mol. The summed E-state index contributed by atoms with van der Waals surface area (Å²) >= 11 is 0. The van der Waals surface area contributed by atoms with Gasteiger partial charge in [0.25, 0.3) is 0 Å². The van der Waals surface area contributed by atoms with Crippen LogP contribution in [0.15, 0.2) is 54.6 Å². The standard InChI is InChI=1S/C21H22F3N5/c22-21(23,24)18-9-11-19(12-10-18)29-20(25-26-27-29)15-28(14-17-7-4-8-17)13-16-5-2-1-3-6-16/h1-3,5-6,9-12,17H,4,7-8,13-15H2. The molecule has 0 bridgehead atoms. The lowest BCUT2D eigenvalue weighted by Gasteiger charge is -2.32. The highest BCUT2D eigenvalue weighted by molar-refractivity contribution is 5.35. The van der Waals surface area contributed by atoms with Gasteiger partial charge in [-0.3, -0.25) is 4.90 Å². The van der Waals surface area contributed by atoms with Crippen LogP contribution >= 0.6 is 0 Å². The molecule has 1 aliphatic rings. The van der Waals surface area contributed by atoms with E-state index in [1.165, 1.54) is 41.6 Å². The first-order chi connectivity index (χ1) is 14.0. The Balaban J connectivity index is 1.53. The van der Waals surface area contributed by atoms with Crippen molar-refractivity contribution < 1.29 is 13.2 Å². The van der Waals surface area contributed by atoms with Gasteiger partial charge in [0.2, 0.25) is 0 Å². The smallest absolute Gasteiger partial charge is 0.291 e. The van der Waals surface area contributed by atoms with Crippen LogP contribution in [0.25, 0.3) is 5.69 Å². The number of hydrogen-bond donors (Lipinski definition) is 0. The SMILES string of the molecule is FC(F)(F)c1ccc(-n2nnnc2CN(Cc2ccccc2)CC2CCC2)cc1. The zero-order valence-electron chi connectivity index (χ0n) is 15.9. The van der Waals surface area contributed by atoms with E-state index >= 15 is 0 Å². The molecule has 0 spiro atoms. The average molecular weight is 401 g/mol. The summed E-state index contributed by atoms with van der Waals surface area (Å²) in [5.41, 5.74) is 1.04. The van der Waals surface area contributed by atoms with Crippen molar-refractivity contribution >= 4 is 0 Å². The minimum atomic E-state index is -4.36. The zero-order valence-corrected chi connectivity index (χ0v) is 15.9. The molecule has 4 rings (SSSR count). The van der Waals surface area contributed by atoms with Gasteiger partial charge in [0.15, 0.2) is 5.82 Å². The highest BCUT2D eigenvalue weighted by atomic mass is 19.4. The second-order valence-electron chi connectivity index (χ2n) is 7.50. The molecule has 0 radical (unpaired) electrons. The lowest BCUT2D eigenvalue weighted by Crippen LogP contribution is -2.32. The van der Waals surface area contributed by atoms with E-state index in [4.69, 9.17) is 0 Å². The van der Waals surface area contributed by atoms with Crippen molar-refractivity contribution in [3.63, 3.8) is 0 Å². The van der Waals surface area contributed by atoms with E-state index in [2.05, 4.69) is 32.6 Å². The number of nitrogens with zero attached hydrogens (tertiary/aromatic N) is 5. The first kappa shape index (κ1) is 19.6. The van der Waals surface area contributed by atoms with Crippen molar-refractivity contribution in [3.05, 3.63) is 71.5 Å². The van der Waals surface area contributed by atoms with Crippen molar-refractivity contribution in [2.75, 3.05) is 6.54 Å². The van der Waals surface area contributed by atoms with Crippen LogP contribution in [0.1, 0.15) is 36.2 Å². The van der Waals surface area contributed by atoms with Crippen LogP contribution in [0.5, 0.6) is 0 Å². The van der Waals surface area contributed by atoms with Crippen LogP contribution < -0.4 is 0 Å². The van der Waals surface area contributed by atoms with E-state index in [9.17, 15) is 13.2 Å². The van der Waals surface area contributed by atoms with Gasteiger partial charge in [0.1, 0.15) is 0 Å². The Hall–Kier alpha value is -2.74. The second kappa shape index (κ2) is 8.32. The van der Waals surface area contributed by atoms with Gasteiger partial charge in [-0.15, -0.1) is 5.10 Å². The van der Waals surface area contributed by atoms with E-state index in [-0.39, 0.29) is 0 Å². The molecule has 1 aliphatic carbocycles. The molecule has 8 heteroatoms. The Morgan fingerprint density at radius 3 is 2.31 bits per heavy atom. The predicted octanol–water partition coefficient (Wildman–Crippen LogP) is 4.48. The van der Waals surface area contributed by atoms with Gasteiger partial charge < -0.3 is 0 Å². The summed E-state index contributed by atoms with van der Waals surface area (Å²) in [4.78, 5) is 2.31. The van der Waals surface area contributed by atoms with Crippen LogP contribution in [0, 0.1) is 5.92 Å². The first-order valence-corrected chi connectivity index (χ1v) is 9.70. The minimum absolute atomic E-state index is 0.515. The molecule has 0 amide bonds. The fourth-order valence-electron chi connectivity index (χ4n) is 3.56. The van der Waals surface area contributed by atoms with Gasteiger partial charge in [0.05, 0.1) is 17.8 Å². The molecule has 1 heterocycles. The largest absolute Gasteiger partial charge is 0.416 e. The Labute approximate surface area is 167 Å². The monoisotopic (exact) mass is 401 g/mol. The maximum Gasteiger partial charge on any atom is 0.416 e. The normalized spacial score (nSPS) is 14.9. The average Bonchev–Trinajstić information content (AvgIpc) is 3.13. The number of alkyl halides is 3. The van der Waals surface area contributed by atoms with Gasteiger partial charge in [-0.1, -0.05) is 36.8 Å². The van der Waals surface area contributed by atoms with E-state index in [0.29, 0.717) is 24.0 Å². The molecule has 2 aromatic carbocycles. The Bertz CT molecular complexity index is 917. The molecule has 5 nitrogen and oxygen atoms in total. The molecular formula is C21H22F3N5. The van der Waals surface area contributed by atoms with E-state index in [1.54, 1.807) is 0 Å². The summed E-state index contributed by atoms with van der Waals surface area (Å²) < 4.78 is 40.0. The molecular weight excluding hydrogens is 379 g/mol. The van der Waals surface area contributed by atoms with E-state index in [0.717, 1.165) is 25.2 Å². The van der Waals surface area contributed by atoms with E-state index < -0.39 is 11.7 Å². The molecule has 1 fully saturated rings. The van der Waals surface area contributed by atoms with Crippen molar-refractivity contribution in [2.24, 2.45) is 5.92 Å². The number of halogens is 3. The molecule has 0 aliphatic heterocycles. The lowest BCUT2D eigenvalue weighted by atomic mass is 9.85. The topological polar surface area (TPSA) is 46.8 Å². The number of hydrogen-bond acceptors (Lipinski definition) is 4. The third-order valence-electron chi connectivity index (χ3n) is 5.33. The molecule has 1 aromatic heterocycles. The summed E-state index contributed by atoms with van der Waals surface area (Å²) in [6.07, 6.45) is -0.630. The van der Waals surface area contributed by atoms with Crippen molar-refractivity contribution in [1.82, 2.24) is 25.1 Å². The van der Waals surface area contributed by atoms with Crippen molar-refractivity contribution in [3.8, 4) is 5.69 Å². The highest BCUT2D eigenvalue weighted by Crippen LogP contribution is 2.30. The maximum absolute atomic E-state index is 12.8. The summed E-state index contributed by atoms with van der Waals surface area (Å²) in [5.74, 6) is 1.29. The second-order valence-corrected chi connectivity index (χ2v) is 7.50. The summed E-state index contributed by atoms with van der Waals surface area (Å²) in [7, 11) is 0. The highest BCUT2D eigenvalue weighted by Gasteiger charge is 2.30. The Morgan fingerprint density at radius 1 is 0.966 bits per heavy atom. The van der Waals surface area contributed by atoms with Gasteiger partial charge >= 0.3 is 6.18 Å². The van der Waals surface area contributed by atoms with Crippen LogP contribution in [0.3, 0.4) is 0 Å². The number of rotatable bonds is 7. The minimum Gasteiger partial charge on any atom is -0.291 e. The summed E-state index contributed by atoms with van der Waals surface area (Å²) in [6, 6.07) is 15.1. The molecule has 29 heavy (non-hydrogen) atoms. The molecule has 0 unspecified atom stereocenters. The van der Waals surface area contributed by atoms with Crippen molar-refractivity contribution in [1.29, 1.82) is 0 Å². The van der Waals surface area contributed by atoms with Crippen molar-refractivity contribution in [2.45, 2.75) is 38.5 Å². The third kappa shape index (κ3) is 4.82. The molecule has 1 saturated carbocycles. The first-order valence-electron chi connectivity index (χ1n) is 9.70. The molecule has 152 valence electrons. The van der Waals surface area contributed by atoms with Gasteiger partial charge in [-0.2, -0.15) is 17.9 Å². The van der Waals surface area contributed by atoms with Gasteiger partial charge in [-0.25, -0.2) is 0 Å². The number of tetrazole rings is 1.